The number of nitrogens with zero attached hydrogens (tertiary/aromatic N) is 1. The second-order valence-electron chi connectivity index (χ2n) is 10.8. The van der Waals surface area contributed by atoms with Crippen molar-refractivity contribution in [2.75, 3.05) is 47.5 Å². The Labute approximate surface area is 225 Å². The summed E-state index contributed by atoms with van der Waals surface area (Å²) in [6.07, 6.45) is 13.8. The SMILES string of the molecule is CCCCCCCCCCCCC(=O)OC(COC(=O)CCCCC)COP(=O)(O)OCC[N+](C)(C)C. The molecule has 220 valence electrons. The number of likely N-dealkylation sites (N-methyl/N-ethyl adjacent to an activating group) is 1. The fourth-order valence-corrected chi connectivity index (χ4v) is 4.28. The summed E-state index contributed by atoms with van der Waals surface area (Å²) in [5.74, 6) is -0.829. The van der Waals surface area contributed by atoms with Crippen molar-refractivity contribution in [3.05, 3.63) is 0 Å². The summed E-state index contributed by atoms with van der Waals surface area (Å²) >= 11 is 0. The largest absolute Gasteiger partial charge is 0.472 e. The quantitative estimate of drug-likeness (QED) is 0.0620. The third-order valence-electron chi connectivity index (χ3n) is 5.89. The van der Waals surface area contributed by atoms with Crippen molar-refractivity contribution >= 4 is 19.8 Å². The molecule has 1 N–H and O–H groups in total. The molecular formula is C27H55NO8P+. The van der Waals surface area contributed by atoms with Crippen molar-refractivity contribution in [3.8, 4) is 0 Å². The molecule has 0 aliphatic carbocycles. The lowest BCUT2D eigenvalue weighted by Crippen LogP contribution is -2.37. The van der Waals surface area contributed by atoms with E-state index in [0.717, 1.165) is 32.1 Å². The van der Waals surface area contributed by atoms with Crippen LogP contribution in [0.2, 0.25) is 0 Å². The van der Waals surface area contributed by atoms with Crippen LogP contribution < -0.4 is 0 Å². The van der Waals surface area contributed by atoms with Crippen LogP contribution in [-0.4, -0.2) is 74.9 Å². The van der Waals surface area contributed by atoms with Gasteiger partial charge >= 0.3 is 19.8 Å². The topological polar surface area (TPSA) is 108 Å². The zero-order valence-corrected chi connectivity index (χ0v) is 25.1. The van der Waals surface area contributed by atoms with E-state index < -0.39 is 32.5 Å². The number of rotatable bonds is 25. The minimum Gasteiger partial charge on any atom is -0.462 e. The molecule has 0 aromatic rings. The van der Waals surface area contributed by atoms with E-state index in [1.54, 1.807) is 0 Å². The molecule has 0 amide bonds. The first-order valence-electron chi connectivity index (χ1n) is 14.3. The monoisotopic (exact) mass is 552 g/mol. The Kier molecular flexibility index (Phi) is 21.3. The van der Waals surface area contributed by atoms with E-state index in [2.05, 4.69) is 6.92 Å². The smallest absolute Gasteiger partial charge is 0.462 e. The first-order valence-corrected chi connectivity index (χ1v) is 15.8. The molecule has 2 unspecified atom stereocenters. The van der Waals surface area contributed by atoms with Gasteiger partial charge < -0.3 is 18.9 Å². The molecular weight excluding hydrogens is 497 g/mol. The molecule has 0 aliphatic rings. The summed E-state index contributed by atoms with van der Waals surface area (Å²) in [5.41, 5.74) is 0. The van der Waals surface area contributed by atoms with Crippen LogP contribution in [0.15, 0.2) is 0 Å². The van der Waals surface area contributed by atoms with Gasteiger partial charge in [0.15, 0.2) is 6.10 Å². The summed E-state index contributed by atoms with van der Waals surface area (Å²) in [6, 6.07) is 0. The Morgan fingerprint density at radius 2 is 1.22 bits per heavy atom. The molecule has 0 saturated heterocycles. The number of carbonyl (C=O) groups excluding carboxylic acids is 2. The molecule has 0 rings (SSSR count). The van der Waals surface area contributed by atoms with Crippen LogP contribution in [-0.2, 0) is 32.7 Å². The van der Waals surface area contributed by atoms with Gasteiger partial charge in [-0.1, -0.05) is 84.5 Å². The molecule has 0 aliphatic heterocycles. The summed E-state index contributed by atoms with van der Waals surface area (Å²) < 4.78 is 33.5. The third kappa shape index (κ3) is 25.1. The molecule has 0 aromatic carbocycles. The fourth-order valence-electron chi connectivity index (χ4n) is 3.54. The average Bonchev–Trinajstić information content (AvgIpc) is 2.81. The van der Waals surface area contributed by atoms with Crippen molar-refractivity contribution in [1.29, 1.82) is 0 Å². The van der Waals surface area contributed by atoms with Crippen LogP contribution >= 0.6 is 7.82 Å². The number of ether oxygens (including phenoxy) is 2. The lowest BCUT2D eigenvalue weighted by atomic mass is 10.1. The Hall–Kier alpha value is -0.990. The Morgan fingerprint density at radius 3 is 1.78 bits per heavy atom. The first-order chi connectivity index (χ1) is 17.5. The molecule has 37 heavy (non-hydrogen) atoms. The second-order valence-corrected chi connectivity index (χ2v) is 12.2. The highest BCUT2D eigenvalue weighted by Gasteiger charge is 2.27. The van der Waals surface area contributed by atoms with E-state index in [1.165, 1.54) is 44.9 Å². The van der Waals surface area contributed by atoms with Crippen molar-refractivity contribution in [1.82, 2.24) is 0 Å². The van der Waals surface area contributed by atoms with Crippen LogP contribution in [0.25, 0.3) is 0 Å². The van der Waals surface area contributed by atoms with Gasteiger partial charge in [0.25, 0.3) is 0 Å². The van der Waals surface area contributed by atoms with Gasteiger partial charge in [-0.15, -0.1) is 0 Å². The average molecular weight is 553 g/mol. The van der Waals surface area contributed by atoms with E-state index >= 15 is 0 Å². The molecule has 0 bridgehead atoms. The molecule has 0 fully saturated rings. The van der Waals surface area contributed by atoms with Crippen molar-refractivity contribution in [2.24, 2.45) is 0 Å². The van der Waals surface area contributed by atoms with E-state index in [1.807, 2.05) is 28.1 Å². The number of hydrogen-bond acceptors (Lipinski definition) is 7. The molecule has 0 saturated carbocycles. The molecule has 0 radical (unpaired) electrons. The van der Waals surface area contributed by atoms with Gasteiger partial charge in [-0.05, 0) is 12.8 Å². The lowest BCUT2D eigenvalue weighted by Gasteiger charge is -2.24. The molecule has 0 heterocycles. The summed E-state index contributed by atoms with van der Waals surface area (Å²) in [7, 11) is 1.48. The van der Waals surface area contributed by atoms with E-state index in [-0.39, 0.29) is 26.1 Å². The maximum absolute atomic E-state index is 12.4. The molecule has 0 spiro atoms. The first kappa shape index (κ1) is 36.0. The Bertz CT molecular complexity index is 638. The van der Waals surface area contributed by atoms with Gasteiger partial charge in [0.1, 0.15) is 19.8 Å². The number of quaternary nitrogens is 1. The van der Waals surface area contributed by atoms with Crippen LogP contribution in [0.1, 0.15) is 110 Å². The number of hydrogen-bond donors (Lipinski definition) is 1. The van der Waals surface area contributed by atoms with Crippen molar-refractivity contribution in [3.63, 3.8) is 0 Å². The van der Waals surface area contributed by atoms with Crippen LogP contribution in [0.3, 0.4) is 0 Å². The molecule has 2 atom stereocenters. The van der Waals surface area contributed by atoms with E-state index in [4.69, 9.17) is 18.5 Å². The Morgan fingerprint density at radius 1 is 0.730 bits per heavy atom. The zero-order chi connectivity index (χ0) is 28.0. The molecule has 10 heteroatoms. The second kappa shape index (κ2) is 21.9. The summed E-state index contributed by atoms with van der Waals surface area (Å²) in [5, 5.41) is 0. The predicted octanol–water partition coefficient (Wildman–Crippen LogP) is 6.17. The number of phosphoric ester groups is 1. The zero-order valence-electron chi connectivity index (χ0n) is 24.2. The van der Waals surface area contributed by atoms with Gasteiger partial charge in [0, 0.05) is 12.8 Å². The van der Waals surface area contributed by atoms with Crippen LogP contribution in [0, 0.1) is 0 Å². The van der Waals surface area contributed by atoms with Gasteiger partial charge in [-0.2, -0.15) is 0 Å². The Balaban J connectivity index is 4.47. The fraction of sp³-hybridized carbons (Fsp3) is 0.926. The highest BCUT2D eigenvalue weighted by atomic mass is 31.2. The highest BCUT2D eigenvalue weighted by Crippen LogP contribution is 2.43. The van der Waals surface area contributed by atoms with Gasteiger partial charge in [0.05, 0.1) is 27.7 Å². The van der Waals surface area contributed by atoms with Crippen molar-refractivity contribution < 1.29 is 42.1 Å². The minimum absolute atomic E-state index is 0.0346. The van der Waals surface area contributed by atoms with Crippen LogP contribution in [0.5, 0.6) is 0 Å². The van der Waals surface area contributed by atoms with Crippen molar-refractivity contribution in [2.45, 2.75) is 116 Å². The van der Waals surface area contributed by atoms with Gasteiger partial charge in [0.2, 0.25) is 0 Å². The minimum atomic E-state index is -4.33. The van der Waals surface area contributed by atoms with E-state index in [0.29, 0.717) is 17.4 Å². The van der Waals surface area contributed by atoms with Gasteiger partial charge in [-0.3, -0.25) is 18.6 Å². The number of carbonyl (C=O) groups is 2. The standard InChI is InChI=1S/C27H54NO8P/c1-6-8-10-11-12-13-14-15-16-18-20-27(30)36-25(23-33-26(29)19-17-9-7-2)24-35-37(31,32)34-22-21-28(3,4)5/h25H,6-24H2,1-5H3/p+1. The predicted molar refractivity (Wildman–Crippen MR) is 146 cm³/mol. The third-order valence-corrected chi connectivity index (χ3v) is 6.87. The maximum Gasteiger partial charge on any atom is 0.472 e. The number of phosphoric acid groups is 1. The maximum atomic E-state index is 12.4. The molecule has 9 nitrogen and oxygen atoms in total. The number of esters is 2. The number of unbranched alkanes of at least 4 members (excludes halogenated alkanes) is 11. The molecule has 0 aromatic heterocycles. The van der Waals surface area contributed by atoms with Crippen LogP contribution in [0.4, 0.5) is 0 Å². The van der Waals surface area contributed by atoms with Gasteiger partial charge in [-0.25, -0.2) is 4.57 Å². The lowest BCUT2D eigenvalue weighted by molar-refractivity contribution is -0.870. The van der Waals surface area contributed by atoms with E-state index in [9.17, 15) is 19.0 Å². The highest BCUT2D eigenvalue weighted by molar-refractivity contribution is 7.47. The normalized spacial score (nSPS) is 14.2. The summed E-state index contributed by atoms with van der Waals surface area (Å²) in [4.78, 5) is 34.3. The summed E-state index contributed by atoms with van der Waals surface area (Å²) in [6.45, 7) is 4.18.